The molecular formula is C38H25N3O. The molecule has 42 heavy (non-hydrogen) atoms. The molecule has 5 aromatic carbocycles. The summed E-state index contributed by atoms with van der Waals surface area (Å²) in [6.07, 6.45) is 7.69. The molecule has 0 radical (unpaired) electrons. The summed E-state index contributed by atoms with van der Waals surface area (Å²) < 4.78 is 9.20. The third kappa shape index (κ3) is 3.36. The van der Waals surface area contributed by atoms with Crippen LogP contribution in [0.5, 0.6) is 0 Å². The van der Waals surface area contributed by atoms with Gasteiger partial charge in [-0.2, -0.15) is 0 Å². The van der Waals surface area contributed by atoms with Gasteiger partial charge in [0, 0.05) is 45.5 Å². The first-order chi connectivity index (χ1) is 20.8. The second kappa shape index (κ2) is 9.02. The predicted octanol–water partition coefficient (Wildman–Crippen LogP) is 9.63. The van der Waals surface area contributed by atoms with Crippen LogP contribution in [0.25, 0.3) is 72.1 Å². The summed E-state index contributed by atoms with van der Waals surface area (Å²) in [5, 5.41) is 5.89. The Morgan fingerprint density at radius 1 is 0.595 bits per heavy atom. The van der Waals surface area contributed by atoms with Gasteiger partial charge in [-0.05, 0) is 65.3 Å². The summed E-state index contributed by atoms with van der Waals surface area (Å²) in [5.41, 5.74) is 10.2. The van der Waals surface area contributed by atoms with Crippen molar-refractivity contribution < 1.29 is 4.42 Å². The number of rotatable bonds is 3. The highest BCUT2D eigenvalue weighted by molar-refractivity contribution is 6.31. The number of allylic oxidation sites excluding steroid dienone is 1. The van der Waals surface area contributed by atoms with E-state index in [-0.39, 0.29) is 0 Å². The Kier molecular flexibility index (Phi) is 4.99. The molecule has 0 atom stereocenters. The molecule has 9 rings (SSSR count). The predicted molar refractivity (Wildman–Crippen MR) is 172 cm³/mol. The van der Waals surface area contributed by atoms with Crippen molar-refractivity contribution in [3.8, 4) is 16.8 Å². The van der Waals surface area contributed by atoms with Gasteiger partial charge in [0.1, 0.15) is 11.2 Å². The van der Waals surface area contributed by atoms with E-state index in [1.807, 2.05) is 24.5 Å². The number of para-hydroxylation sites is 1. The van der Waals surface area contributed by atoms with E-state index in [0.29, 0.717) is 0 Å². The minimum Gasteiger partial charge on any atom is -0.455 e. The zero-order valence-electron chi connectivity index (χ0n) is 22.8. The topological polar surface area (TPSA) is 43.9 Å². The van der Waals surface area contributed by atoms with Crippen LogP contribution in [-0.2, 0) is 6.42 Å². The third-order valence-electron chi connectivity index (χ3n) is 8.62. The second-order valence-corrected chi connectivity index (χ2v) is 10.9. The van der Waals surface area contributed by atoms with E-state index in [2.05, 4.69) is 118 Å². The van der Waals surface area contributed by atoms with Crippen molar-refractivity contribution >= 4 is 55.3 Å². The van der Waals surface area contributed by atoms with Gasteiger partial charge in [-0.1, -0.05) is 84.9 Å². The molecule has 198 valence electrons. The summed E-state index contributed by atoms with van der Waals surface area (Å²) in [6, 6.07) is 38.5. The van der Waals surface area contributed by atoms with Crippen molar-refractivity contribution in [2.24, 2.45) is 0 Å². The van der Waals surface area contributed by atoms with E-state index in [1.54, 1.807) is 0 Å². The minimum atomic E-state index is 0.790. The monoisotopic (exact) mass is 539 g/mol. The van der Waals surface area contributed by atoms with Gasteiger partial charge in [0.25, 0.3) is 0 Å². The van der Waals surface area contributed by atoms with Crippen LogP contribution in [0.1, 0.15) is 23.5 Å². The van der Waals surface area contributed by atoms with E-state index >= 15 is 0 Å². The maximum atomic E-state index is 6.73. The molecule has 0 unspecified atom stereocenters. The van der Waals surface area contributed by atoms with Crippen LogP contribution in [0.3, 0.4) is 0 Å². The van der Waals surface area contributed by atoms with Crippen molar-refractivity contribution in [3.63, 3.8) is 0 Å². The highest BCUT2D eigenvalue weighted by atomic mass is 16.3. The van der Waals surface area contributed by atoms with E-state index < -0.39 is 0 Å². The normalized spacial score (nSPS) is 13.2. The Morgan fingerprint density at radius 3 is 2.10 bits per heavy atom. The van der Waals surface area contributed by atoms with Crippen molar-refractivity contribution in [1.82, 2.24) is 14.5 Å². The van der Waals surface area contributed by atoms with E-state index in [9.17, 15) is 0 Å². The maximum absolute atomic E-state index is 6.73. The van der Waals surface area contributed by atoms with Crippen LogP contribution in [0, 0.1) is 0 Å². The summed E-state index contributed by atoms with van der Waals surface area (Å²) in [7, 11) is 0. The van der Waals surface area contributed by atoms with Gasteiger partial charge in [0.05, 0.1) is 10.9 Å². The quantitative estimate of drug-likeness (QED) is 0.224. The van der Waals surface area contributed by atoms with Gasteiger partial charge in [-0.15, -0.1) is 0 Å². The van der Waals surface area contributed by atoms with Gasteiger partial charge in [0.15, 0.2) is 5.82 Å². The van der Waals surface area contributed by atoms with Gasteiger partial charge in [-0.25, -0.2) is 9.97 Å². The fourth-order valence-electron chi connectivity index (χ4n) is 6.78. The number of aromatic nitrogens is 3. The fraction of sp³-hybridized carbons (Fsp3) is 0.0526. The first-order valence-electron chi connectivity index (χ1n) is 14.4. The Balaban J connectivity index is 1.41. The average Bonchev–Trinajstić information content (AvgIpc) is 3.62. The van der Waals surface area contributed by atoms with Gasteiger partial charge in [-0.3, -0.25) is 0 Å². The van der Waals surface area contributed by atoms with Crippen LogP contribution in [0.15, 0.2) is 126 Å². The second-order valence-electron chi connectivity index (χ2n) is 10.9. The molecule has 0 spiro atoms. The summed E-state index contributed by atoms with van der Waals surface area (Å²) in [6.45, 7) is 0. The molecular weight excluding hydrogens is 514 g/mol. The Bertz CT molecular complexity index is 2330. The lowest BCUT2D eigenvalue weighted by Gasteiger charge is -2.17. The molecule has 1 aliphatic rings. The highest BCUT2D eigenvalue weighted by Crippen LogP contribution is 2.47. The molecule has 0 fully saturated rings. The van der Waals surface area contributed by atoms with Crippen LogP contribution in [-0.4, -0.2) is 14.5 Å². The van der Waals surface area contributed by atoms with Crippen LogP contribution >= 0.6 is 0 Å². The largest absolute Gasteiger partial charge is 0.455 e. The molecule has 0 N–H and O–H groups in total. The lowest BCUT2D eigenvalue weighted by molar-refractivity contribution is 0.673. The zero-order valence-corrected chi connectivity index (χ0v) is 22.8. The summed E-state index contributed by atoms with van der Waals surface area (Å²) in [5.74, 6) is 0.790. The molecule has 4 nitrogen and oxygen atoms in total. The molecule has 0 aliphatic heterocycles. The van der Waals surface area contributed by atoms with Gasteiger partial charge < -0.3 is 8.98 Å². The molecule has 0 saturated heterocycles. The van der Waals surface area contributed by atoms with Gasteiger partial charge in [0.2, 0.25) is 0 Å². The zero-order chi connectivity index (χ0) is 27.6. The fourth-order valence-corrected chi connectivity index (χ4v) is 6.78. The number of fused-ring (bicyclic) bond motifs is 10. The molecule has 0 amide bonds. The van der Waals surface area contributed by atoms with Crippen molar-refractivity contribution in [3.05, 3.63) is 139 Å². The highest BCUT2D eigenvalue weighted by Gasteiger charge is 2.28. The van der Waals surface area contributed by atoms with E-state index in [1.165, 1.54) is 44.1 Å². The molecule has 0 bridgehead atoms. The third-order valence-corrected chi connectivity index (χ3v) is 8.62. The number of benzene rings is 5. The number of furan rings is 1. The molecule has 1 aliphatic carbocycles. The standard InChI is InChI=1S/C38H25N3O/c1-2-9-24(10-3-1)25-15-18-27(19-16-25)41-32-20-17-26(38-39-21-8-22-40-38)23-31(32)35-36(41)29-12-5-4-11-28(29)34-30-13-6-7-14-33(30)42-37(34)35/h1-16,18-19,21-23H,17,20H2. The Labute approximate surface area is 242 Å². The molecule has 0 saturated carbocycles. The maximum Gasteiger partial charge on any atom is 0.154 e. The minimum absolute atomic E-state index is 0.790. The first-order valence-corrected chi connectivity index (χ1v) is 14.4. The van der Waals surface area contributed by atoms with Crippen LogP contribution < -0.4 is 0 Å². The van der Waals surface area contributed by atoms with Crippen LogP contribution in [0.2, 0.25) is 0 Å². The molecule has 4 heteroatoms. The number of hydrogen-bond acceptors (Lipinski definition) is 3. The number of nitrogens with zero attached hydrogens (tertiary/aromatic N) is 3. The van der Waals surface area contributed by atoms with E-state index in [4.69, 9.17) is 4.42 Å². The van der Waals surface area contributed by atoms with E-state index in [0.717, 1.165) is 51.9 Å². The summed E-state index contributed by atoms with van der Waals surface area (Å²) >= 11 is 0. The lowest BCUT2D eigenvalue weighted by atomic mass is 9.93. The SMILES string of the molecule is C1=C(c2ncccn2)CCc2c1c1c3oc4ccccc4c3c3ccccc3c1n2-c1ccc(-c2ccccc2)cc1. The lowest BCUT2D eigenvalue weighted by Crippen LogP contribution is -2.06. The summed E-state index contributed by atoms with van der Waals surface area (Å²) in [4.78, 5) is 9.19. The average molecular weight is 540 g/mol. The Morgan fingerprint density at radius 2 is 1.29 bits per heavy atom. The Hall–Kier alpha value is -5.48. The van der Waals surface area contributed by atoms with Crippen molar-refractivity contribution in [2.75, 3.05) is 0 Å². The van der Waals surface area contributed by atoms with Crippen LogP contribution in [0.4, 0.5) is 0 Å². The van der Waals surface area contributed by atoms with Crippen molar-refractivity contribution in [2.45, 2.75) is 12.8 Å². The molecule has 3 heterocycles. The van der Waals surface area contributed by atoms with Crippen molar-refractivity contribution in [1.29, 1.82) is 0 Å². The van der Waals surface area contributed by atoms with Gasteiger partial charge >= 0.3 is 0 Å². The molecule has 8 aromatic rings. The smallest absolute Gasteiger partial charge is 0.154 e. The number of hydrogen-bond donors (Lipinski definition) is 0. The first kappa shape index (κ1) is 23.2. The molecule has 3 aromatic heterocycles.